The molecule has 0 N–H and O–H groups in total. The van der Waals surface area contributed by atoms with Gasteiger partial charge in [0, 0.05) is 45.8 Å². The van der Waals surface area contributed by atoms with E-state index in [1.807, 2.05) is 34.7 Å². The van der Waals surface area contributed by atoms with E-state index in [0.29, 0.717) is 36.8 Å². The highest BCUT2D eigenvalue weighted by atomic mass is 32.2. The van der Waals surface area contributed by atoms with Crippen LogP contribution in [0.2, 0.25) is 0 Å². The number of hydrogen-bond donors (Lipinski definition) is 0. The molecule has 0 bridgehead atoms. The molecule has 2 fully saturated rings. The van der Waals surface area contributed by atoms with Gasteiger partial charge in [0.25, 0.3) is 0 Å². The van der Waals surface area contributed by atoms with E-state index >= 15 is 0 Å². The van der Waals surface area contributed by atoms with Crippen LogP contribution in [-0.2, 0) is 28.1 Å². The Hall–Kier alpha value is -2.14. The highest BCUT2D eigenvalue weighted by Gasteiger charge is 2.29. The Morgan fingerprint density at radius 3 is 2.67 bits per heavy atom. The van der Waals surface area contributed by atoms with E-state index in [4.69, 9.17) is 0 Å². The second-order valence-electron chi connectivity index (χ2n) is 7.78. The second-order valence-corrected chi connectivity index (χ2v) is 10.9. The number of piperazine rings is 1. The van der Waals surface area contributed by atoms with E-state index in [0.717, 1.165) is 24.7 Å². The Labute approximate surface area is 180 Å². The van der Waals surface area contributed by atoms with Crippen LogP contribution in [0.4, 0.5) is 5.82 Å². The zero-order chi connectivity index (χ0) is 21.1. The van der Waals surface area contributed by atoms with Gasteiger partial charge in [-0.2, -0.15) is 0 Å². The van der Waals surface area contributed by atoms with Gasteiger partial charge in [-0.15, -0.1) is 10.2 Å². The summed E-state index contributed by atoms with van der Waals surface area (Å²) in [6.07, 6.45) is 3.07. The van der Waals surface area contributed by atoms with Crippen LogP contribution in [0.25, 0.3) is 0 Å². The molecule has 2 aromatic rings. The maximum Gasteiger partial charge on any atom is 0.233 e. The number of aromatic nitrogens is 4. The van der Waals surface area contributed by atoms with Crippen molar-refractivity contribution in [2.75, 3.05) is 48.3 Å². The van der Waals surface area contributed by atoms with Crippen molar-refractivity contribution in [1.82, 2.24) is 24.6 Å². The summed E-state index contributed by atoms with van der Waals surface area (Å²) < 4.78 is 25.2. The molecular formula is C19H26N6O3S2. The molecule has 162 valence electrons. The van der Waals surface area contributed by atoms with E-state index in [1.165, 1.54) is 11.8 Å². The van der Waals surface area contributed by atoms with Gasteiger partial charge in [-0.3, -0.25) is 4.79 Å². The molecule has 0 unspecified atom stereocenters. The van der Waals surface area contributed by atoms with Crippen LogP contribution >= 0.6 is 11.8 Å². The third kappa shape index (κ3) is 4.94. The predicted octanol–water partition coefficient (Wildman–Crippen LogP) is 0.628. The van der Waals surface area contributed by atoms with Crippen LogP contribution in [0.3, 0.4) is 0 Å². The van der Waals surface area contributed by atoms with Crippen LogP contribution < -0.4 is 4.90 Å². The molecule has 2 saturated heterocycles. The number of sulfone groups is 1. The van der Waals surface area contributed by atoms with Gasteiger partial charge >= 0.3 is 0 Å². The number of thioether (sulfide) groups is 1. The van der Waals surface area contributed by atoms with Crippen molar-refractivity contribution in [2.24, 2.45) is 13.0 Å². The Kier molecular flexibility index (Phi) is 6.28. The zero-order valence-corrected chi connectivity index (χ0v) is 18.6. The number of amides is 1. The molecule has 4 heterocycles. The fourth-order valence-electron chi connectivity index (χ4n) is 3.88. The summed E-state index contributed by atoms with van der Waals surface area (Å²) in [5.74, 6) is 2.72. The van der Waals surface area contributed by atoms with E-state index in [1.54, 1.807) is 6.20 Å². The first-order valence-electron chi connectivity index (χ1n) is 10.1. The Bertz CT molecular complexity index is 987. The molecule has 0 saturated carbocycles. The smallest absolute Gasteiger partial charge is 0.233 e. The summed E-state index contributed by atoms with van der Waals surface area (Å²) >= 11 is 1.38. The number of carbonyl (C=O) groups is 1. The van der Waals surface area contributed by atoms with Gasteiger partial charge in [0.2, 0.25) is 5.91 Å². The van der Waals surface area contributed by atoms with Crippen molar-refractivity contribution in [2.45, 2.75) is 18.0 Å². The predicted molar refractivity (Wildman–Crippen MR) is 115 cm³/mol. The average molecular weight is 451 g/mol. The molecule has 1 atom stereocenters. The van der Waals surface area contributed by atoms with Crippen molar-refractivity contribution >= 4 is 33.3 Å². The molecule has 2 aliphatic rings. The fraction of sp³-hybridized carbons (Fsp3) is 0.579. The van der Waals surface area contributed by atoms with Gasteiger partial charge in [-0.1, -0.05) is 17.8 Å². The first-order valence-corrected chi connectivity index (χ1v) is 12.9. The molecule has 0 radical (unpaired) electrons. The third-order valence-electron chi connectivity index (χ3n) is 5.65. The van der Waals surface area contributed by atoms with Gasteiger partial charge in [0.1, 0.15) is 11.6 Å². The fourth-order valence-corrected chi connectivity index (χ4v) is 6.58. The number of carbonyl (C=O) groups excluding carboxylic acids is 1. The lowest BCUT2D eigenvalue weighted by molar-refractivity contribution is -0.128. The van der Waals surface area contributed by atoms with Gasteiger partial charge in [-0.25, -0.2) is 13.4 Å². The van der Waals surface area contributed by atoms with Crippen molar-refractivity contribution in [3.05, 3.63) is 30.2 Å². The van der Waals surface area contributed by atoms with E-state index in [2.05, 4.69) is 20.1 Å². The third-order valence-corrected chi connectivity index (χ3v) is 8.50. The molecule has 30 heavy (non-hydrogen) atoms. The van der Waals surface area contributed by atoms with Crippen molar-refractivity contribution in [1.29, 1.82) is 0 Å². The molecule has 0 aliphatic carbocycles. The molecular weight excluding hydrogens is 424 g/mol. The highest BCUT2D eigenvalue weighted by Crippen LogP contribution is 2.24. The Morgan fingerprint density at radius 1 is 1.20 bits per heavy atom. The van der Waals surface area contributed by atoms with Crippen LogP contribution in [-0.4, -0.2) is 82.4 Å². The number of anilines is 1. The maximum absolute atomic E-state index is 12.6. The molecule has 9 nitrogen and oxygen atoms in total. The summed E-state index contributed by atoms with van der Waals surface area (Å²) in [6, 6.07) is 5.85. The minimum Gasteiger partial charge on any atom is -0.353 e. The number of hydrogen-bond acceptors (Lipinski definition) is 8. The second kappa shape index (κ2) is 8.93. The van der Waals surface area contributed by atoms with Gasteiger partial charge in [-0.05, 0) is 24.5 Å². The lowest BCUT2D eigenvalue weighted by Gasteiger charge is -2.35. The molecule has 4 rings (SSSR count). The number of pyridine rings is 1. The quantitative estimate of drug-likeness (QED) is 0.591. The van der Waals surface area contributed by atoms with Crippen LogP contribution in [0.1, 0.15) is 12.2 Å². The average Bonchev–Trinajstić information content (AvgIpc) is 3.28. The SMILES string of the molecule is Cn1c(C[C@@H]2CCS(=O)(=O)C2)nnc1SCC(=O)N1CCN(c2ccccn2)CC1. The minimum absolute atomic E-state index is 0.0899. The molecule has 1 amide bonds. The first kappa shape index (κ1) is 21.1. The van der Waals surface area contributed by atoms with Crippen LogP contribution in [0, 0.1) is 5.92 Å². The molecule has 2 aliphatic heterocycles. The number of nitrogens with zero attached hydrogens (tertiary/aromatic N) is 6. The minimum atomic E-state index is -2.90. The monoisotopic (exact) mass is 450 g/mol. The zero-order valence-electron chi connectivity index (χ0n) is 17.0. The van der Waals surface area contributed by atoms with E-state index in [-0.39, 0.29) is 23.3 Å². The summed E-state index contributed by atoms with van der Waals surface area (Å²) in [5, 5.41) is 9.11. The normalized spacial score (nSPS) is 21.2. The Morgan fingerprint density at radius 2 is 2.00 bits per heavy atom. The molecule has 2 aromatic heterocycles. The van der Waals surface area contributed by atoms with Gasteiger partial charge in [0.15, 0.2) is 15.0 Å². The summed E-state index contributed by atoms with van der Waals surface area (Å²) in [7, 11) is -1.03. The van der Waals surface area contributed by atoms with Gasteiger partial charge < -0.3 is 14.4 Å². The van der Waals surface area contributed by atoms with Crippen molar-refractivity contribution < 1.29 is 13.2 Å². The first-order chi connectivity index (χ1) is 14.4. The van der Waals surface area contributed by atoms with Gasteiger partial charge in [0.05, 0.1) is 17.3 Å². The van der Waals surface area contributed by atoms with Crippen molar-refractivity contribution in [3.63, 3.8) is 0 Å². The molecule has 0 aromatic carbocycles. The summed E-state index contributed by atoms with van der Waals surface area (Å²) in [5.41, 5.74) is 0. The number of rotatable bonds is 6. The Balaban J connectivity index is 1.26. The topological polar surface area (TPSA) is 101 Å². The van der Waals surface area contributed by atoms with Crippen LogP contribution in [0.5, 0.6) is 0 Å². The summed E-state index contributed by atoms with van der Waals surface area (Å²) in [6.45, 7) is 2.89. The lowest BCUT2D eigenvalue weighted by atomic mass is 10.1. The van der Waals surface area contributed by atoms with Crippen molar-refractivity contribution in [3.8, 4) is 0 Å². The van der Waals surface area contributed by atoms with Crippen LogP contribution in [0.15, 0.2) is 29.6 Å². The molecule has 11 heteroatoms. The lowest BCUT2D eigenvalue weighted by Crippen LogP contribution is -2.49. The summed E-state index contributed by atoms with van der Waals surface area (Å²) in [4.78, 5) is 21.1. The highest BCUT2D eigenvalue weighted by molar-refractivity contribution is 7.99. The van der Waals surface area contributed by atoms with E-state index < -0.39 is 9.84 Å². The standard InChI is InChI=1S/C19H26N6O3S2/c1-23-17(12-15-5-11-30(27,28)14-15)21-22-19(23)29-13-18(26)25-9-7-24(8-10-25)16-4-2-3-6-20-16/h2-4,6,15H,5,7-14H2,1H3/t15-/m0/s1. The maximum atomic E-state index is 12.6. The van der Waals surface area contributed by atoms with E-state index in [9.17, 15) is 13.2 Å². The largest absolute Gasteiger partial charge is 0.353 e. The molecule has 0 spiro atoms.